The minimum absolute atomic E-state index is 0.141. The highest BCUT2D eigenvalue weighted by Gasteiger charge is 2.11. The Balaban J connectivity index is 2.81. The molecule has 0 heterocycles. The van der Waals surface area contributed by atoms with Crippen molar-refractivity contribution in [2.24, 2.45) is 10.1 Å². The van der Waals surface area contributed by atoms with Crippen LogP contribution in [0.1, 0.15) is 11.1 Å². The molecule has 0 aromatic heterocycles. The maximum atomic E-state index is 13.4. The molecule has 0 aliphatic rings. The summed E-state index contributed by atoms with van der Waals surface area (Å²) in [6.45, 7) is 5.28. The van der Waals surface area contributed by atoms with Crippen LogP contribution in [0.25, 0.3) is 0 Å². The lowest BCUT2D eigenvalue weighted by Crippen LogP contribution is -2.20. The van der Waals surface area contributed by atoms with Gasteiger partial charge in [0.2, 0.25) is 0 Å². The number of benzene rings is 1. The van der Waals surface area contributed by atoms with E-state index in [9.17, 15) is 9.18 Å². The first kappa shape index (κ1) is 14.8. The average molecular weight is 265 g/mol. The van der Waals surface area contributed by atoms with Gasteiger partial charge in [0.25, 0.3) is 5.84 Å². The van der Waals surface area contributed by atoms with Crippen LogP contribution in [-0.2, 0) is 16.1 Å². The van der Waals surface area contributed by atoms with Crippen LogP contribution in [0.3, 0.4) is 0 Å². The molecule has 1 rings (SSSR count). The molecule has 0 amide bonds. The van der Waals surface area contributed by atoms with Crippen molar-refractivity contribution in [3.63, 3.8) is 0 Å². The molecule has 0 bridgehead atoms. The van der Waals surface area contributed by atoms with Crippen LogP contribution in [0.2, 0.25) is 0 Å². The second kappa shape index (κ2) is 6.63. The number of rotatable bonds is 3. The van der Waals surface area contributed by atoms with E-state index in [1.807, 2.05) is 0 Å². The fraction of sp³-hybridized carbons (Fsp3) is 0.308. The number of carbonyl (C=O) groups is 1. The molecule has 0 N–H and O–H groups in total. The fourth-order valence-electron chi connectivity index (χ4n) is 1.42. The average Bonchev–Trinajstić information content (AvgIpc) is 2.39. The molecule has 0 atom stereocenters. The normalized spacial score (nSPS) is 11.1. The Hall–Kier alpha value is -2.24. The van der Waals surface area contributed by atoms with Crippen LogP contribution in [0, 0.1) is 12.7 Å². The highest BCUT2D eigenvalue weighted by atomic mass is 19.1. The summed E-state index contributed by atoms with van der Waals surface area (Å²) >= 11 is 0. The number of aryl methyl sites for hydroxylation is 1. The lowest BCUT2D eigenvalue weighted by atomic mass is 10.1. The molecule has 0 unspecified atom stereocenters. The molecule has 6 heteroatoms. The van der Waals surface area contributed by atoms with E-state index in [-0.39, 0.29) is 11.7 Å². The van der Waals surface area contributed by atoms with E-state index in [2.05, 4.69) is 21.5 Å². The quantitative estimate of drug-likeness (QED) is 0.362. The number of halogens is 1. The first-order chi connectivity index (χ1) is 8.97. The Labute approximate surface area is 111 Å². The number of amidine groups is 1. The van der Waals surface area contributed by atoms with Gasteiger partial charge in [0.05, 0.1) is 13.7 Å². The summed E-state index contributed by atoms with van der Waals surface area (Å²) < 4.78 is 17.9. The van der Waals surface area contributed by atoms with Crippen LogP contribution in [0.15, 0.2) is 28.3 Å². The third kappa shape index (κ3) is 4.17. The fourth-order valence-corrected chi connectivity index (χ4v) is 1.42. The van der Waals surface area contributed by atoms with E-state index in [1.165, 1.54) is 18.2 Å². The van der Waals surface area contributed by atoms with Crippen LogP contribution >= 0.6 is 0 Å². The molecule has 0 fully saturated rings. The number of nitrogens with zero attached hydrogens (tertiary/aromatic N) is 3. The molecule has 1 aromatic rings. The van der Waals surface area contributed by atoms with Gasteiger partial charge in [-0.15, -0.1) is 5.10 Å². The standard InChI is InChI=1S/C13H16FN3O2/c1-9-5-6-10(7-11(9)14)8-17(3)16-12(15-2)13(18)19-4/h5-7H,2,8H2,1,3-4H3/b16-12-. The zero-order valence-corrected chi connectivity index (χ0v) is 11.2. The van der Waals surface area contributed by atoms with Crippen molar-refractivity contribution in [1.29, 1.82) is 0 Å². The summed E-state index contributed by atoms with van der Waals surface area (Å²) in [5, 5.41) is 5.40. The second-order valence-corrected chi connectivity index (χ2v) is 3.97. The highest BCUT2D eigenvalue weighted by Crippen LogP contribution is 2.11. The van der Waals surface area contributed by atoms with Crippen LogP contribution in [0.4, 0.5) is 4.39 Å². The molecule has 0 aliphatic heterocycles. The van der Waals surface area contributed by atoms with E-state index in [0.717, 1.165) is 5.56 Å². The monoisotopic (exact) mass is 265 g/mol. The van der Waals surface area contributed by atoms with E-state index >= 15 is 0 Å². The van der Waals surface area contributed by atoms with E-state index in [1.54, 1.807) is 26.1 Å². The van der Waals surface area contributed by atoms with Crippen molar-refractivity contribution in [2.75, 3.05) is 14.2 Å². The maximum absolute atomic E-state index is 13.4. The van der Waals surface area contributed by atoms with Crippen molar-refractivity contribution in [3.05, 3.63) is 35.1 Å². The number of ether oxygens (including phenoxy) is 1. The van der Waals surface area contributed by atoms with Gasteiger partial charge < -0.3 is 4.74 Å². The van der Waals surface area contributed by atoms with Gasteiger partial charge in [0.1, 0.15) is 5.82 Å². The summed E-state index contributed by atoms with van der Waals surface area (Å²) in [4.78, 5) is 14.7. The van der Waals surface area contributed by atoms with Gasteiger partial charge in [-0.3, -0.25) is 5.01 Å². The number of aliphatic imine (C=N–C) groups is 1. The number of hydrazone groups is 1. The molecule has 0 saturated carbocycles. The molecular formula is C13H16FN3O2. The SMILES string of the molecule is C=N/C(=N\N(C)Cc1ccc(C)c(F)c1)C(=O)OC. The number of carbonyl (C=O) groups excluding carboxylic acids is 1. The van der Waals surface area contributed by atoms with Gasteiger partial charge in [0.15, 0.2) is 0 Å². The molecule has 1 aromatic carbocycles. The Bertz CT molecular complexity index is 515. The molecular weight excluding hydrogens is 249 g/mol. The Morgan fingerprint density at radius 2 is 2.21 bits per heavy atom. The van der Waals surface area contributed by atoms with Gasteiger partial charge in [-0.25, -0.2) is 14.2 Å². The highest BCUT2D eigenvalue weighted by molar-refractivity contribution is 6.36. The third-order valence-electron chi connectivity index (χ3n) is 2.43. The minimum Gasteiger partial charge on any atom is -0.463 e. The number of methoxy groups -OCH3 is 1. The Kier molecular flexibility index (Phi) is 5.17. The molecule has 19 heavy (non-hydrogen) atoms. The summed E-state index contributed by atoms with van der Waals surface area (Å²) in [5.74, 6) is -1.08. The molecule has 0 radical (unpaired) electrons. The largest absolute Gasteiger partial charge is 0.463 e. The van der Waals surface area contributed by atoms with Gasteiger partial charge in [-0.1, -0.05) is 12.1 Å². The smallest absolute Gasteiger partial charge is 0.377 e. The Morgan fingerprint density at radius 3 is 2.74 bits per heavy atom. The van der Waals surface area contributed by atoms with Crippen LogP contribution in [-0.4, -0.2) is 37.7 Å². The lowest BCUT2D eigenvalue weighted by molar-refractivity contribution is -0.132. The zero-order valence-electron chi connectivity index (χ0n) is 11.2. The second-order valence-electron chi connectivity index (χ2n) is 3.97. The molecule has 0 saturated heterocycles. The topological polar surface area (TPSA) is 54.3 Å². The van der Waals surface area contributed by atoms with Crippen LogP contribution in [0.5, 0.6) is 0 Å². The van der Waals surface area contributed by atoms with Crippen molar-refractivity contribution in [2.45, 2.75) is 13.5 Å². The third-order valence-corrected chi connectivity index (χ3v) is 2.43. The number of hydrogen-bond acceptors (Lipinski definition) is 4. The van der Waals surface area contributed by atoms with Crippen molar-refractivity contribution >= 4 is 18.5 Å². The van der Waals surface area contributed by atoms with Gasteiger partial charge in [-0.05, 0) is 30.8 Å². The Morgan fingerprint density at radius 1 is 1.53 bits per heavy atom. The first-order valence-electron chi connectivity index (χ1n) is 5.57. The predicted molar refractivity (Wildman–Crippen MR) is 71.6 cm³/mol. The molecule has 0 spiro atoms. The van der Waals surface area contributed by atoms with Gasteiger partial charge in [0, 0.05) is 7.05 Å². The summed E-state index contributed by atoms with van der Waals surface area (Å²) in [6, 6.07) is 4.92. The van der Waals surface area contributed by atoms with E-state index < -0.39 is 5.97 Å². The maximum Gasteiger partial charge on any atom is 0.377 e. The van der Waals surface area contributed by atoms with E-state index in [4.69, 9.17) is 0 Å². The van der Waals surface area contributed by atoms with Gasteiger partial charge >= 0.3 is 5.97 Å². The van der Waals surface area contributed by atoms with Crippen molar-refractivity contribution in [3.8, 4) is 0 Å². The summed E-state index contributed by atoms with van der Waals surface area (Å²) in [7, 11) is 2.88. The summed E-state index contributed by atoms with van der Waals surface area (Å²) in [5.41, 5.74) is 1.32. The van der Waals surface area contributed by atoms with Crippen molar-refractivity contribution < 1.29 is 13.9 Å². The molecule has 5 nitrogen and oxygen atoms in total. The lowest BCUT2D eigenvalue weighted by Gasteiger charge is -2.14. The molecule has 0 aliphatic carbocycles. The van der Waals surface area contributed by atoms with E-state index in [0.29, 0.717) is 12.1 Å². The zero-order chi connectivity index (χ0) is 14.4. The molecule has 102 valence electrons. The minimum atomic E-state index is -0.670. The summed E-state index contributed by atoms with van der Waals surface area (Å²) in [6.07, 6.45) is 0. The number of esters is 1. The predicted octanol–water partition coefficient (Wildman–Crippen LogP) is 1.75. The van der Waals surface area contributed by atoms with Gasteiger partial charge in [-0.2, -0.15) is 0 Å². The van der Waals surface area contributed by atoms with Crippen LogP contribution < -0.4 is 0 Å². The van der Waals surface area contributed by atoms with Crippen molar-refractivity contribution in [1.82, 2.24) is 5.01 Å². The number of hydrogen-bond donors (Lipinski definition) is 0. The first-order valence-corrected chi connectivity index (χ1v) is 5.57.